The number of benzene rings is 1. The van der Waals surface area contributed by atoms with Gasteiger partial charge in [0.2, 0.25) is 18.5 Å². The highest BCUT2D eigenvalue weighted by atomic mass is 32.2. The van der Waals surface area contributed by atoms with Crippen molar-refractivity contribution in [3.63, 3.8) is 0 Å². The minimum absolute atomic E-state index is 0.239. The Balaban J connectivity index is 1.35. The molecule has 0 unspecified atom stereocenters. The number of aromatic nitrogens is 4. The summed E-state index contributed by atoms with van der Waals surface area (Å²) in [5.41, 5.74) is 0.825. The maximum Gasteiger partial charge on any atom is 0.237 e. The van der Waals surface area contributed by atoms with E-state index < -0.39 is 0 Å². The maximum atomic E-state index is 5.38. The summed E-state index contributed by atoms with van der Waals surface area (Å²) >= 11 is 3.15. The summed E-state index contributed by atoms with van der Waals surface area (Å²) in [4.78, 5) is 14.0. The van der Waals surface area contributed by atoms with E-state index in [9.17, 15) is 0 Å². The van der Waals surface area contributed by atoms with Crippen molar-refractivity contribution in [2.45, 2.75) is 10.8 Å². The van der Waals surface area contributed by atoms with Crippen LogP contribution in [0.25, 0.3) is 21.6 Å². The summed E-state index contributed by atoms with van der Waals surface area (Å²) in [6, 6.07) is 7.60. The van der Waals surface area contributed by atoms with Gasteiger partial charge in [-0.05, 0) is 29.6 Å². The van der Waals surface area contributed by atoms with Gasteiger partial charge in [0.05, 0.1) is 5.75 Å². The molecule has 0 bridgehead atoms. The Morgan fingerprint density at radius 1 is 1.12 bits per heavy atom. The molecule has 25 heavy (non-hydrogen) atoms. The number of hydrogen-bond acceptors (Lipinski definition) is 9. The number of rotatable bonds is 4. The number of fused-ring (bicyclic) bond motifs is 2. The molecule has 1 aliphatic rings. The first-order valence-corrected chi connectivity index (χ1v) is 9.27. The molecular weight excluding hydrogens is 360 g/mol. The van der Waals surface area contributed by atoms with Crippen LogP contribution in [0.15, 0.2) is 45.5 Å². The van der Waals surface area contributed by atoms with Gasteiger partial charge in [-0.25, -0.2) is 9.97 Å². The van der Waals surface area contributed by atoms with E-state index in [1.165, 1.54) is 0 Å². The monoisotopic (exact) mass is 370 g/mol. The van der Waals surface area contributed by atoms with Crippen LogP contribution in [0.3, 0.4) is 0 Å². The van der Waals surface area contributed by atoms with Gasteiger partial charge in [-0.2, -0.15) is 4.98 Å². The smallest absolute Gasteiger partial charge is 0.237 e. The van der Waals surface area contributed by atoms with E-state index in [-0.39, 0.29) is 6.79 Å². The van der Waals surface area contributed by atoms with E-state index in [4.69, 9.17) is 14.0 Å². The van der Waals surface area contributed by atoms with Gasteiger partial charge in [0.15, 0.2) is 11.5 Å². The van der Waals surface area contributed by atoms with Crippen molar-refractivity contribution in [2.75, 3.05) is 6.79 Å². The normalized spacial score (nSPS) is 12.8. The Morgan fingerprint density at radius 3 is 3.08 bits per heavy atom. The molecule has 4 aromatic rings. The number of nitrogens with zero attached hydrogens (tertiary/aromatic N) is 4. The van der Waals surface area contributed by atoms with Crippen molar-refractivity contribution in [1.29, 1.82) is 0 Å². The standard InChI is InChI=1S/C16H10N4O3S2/c1-2-11-12(22-8-21-11)5-9(1)14-19-13(23-20-14)6-25-16-10-3-4-24-15(10)17-7-18-16/h1-5,7H,6,8H2. The van der Waals surface area contributed by atoms with E-state index in [2.05, 4.69) is 20.1 Å². The predicted octanol–water partition coefficient (Wildman–Crippen LogP) is 3.76. The maximum absolute atomic E-state index is 5.38. The van der Waals surface area contributed by atoms with Crippen LogP contribution in [0.5, 0.6) is 11.5 Å². The van der Waals surface area contributed by atoms with Crippen molar-refractivity contribution in [3.05, 3.63) is 41.9 Å². The molecule has 0 saturated carbocycles. The van der Waals surface area contributed by atoms with Crippen LogP contribution in [-0.4, -0.2) is 26.9 Å². The number of ether oxygens (including phenoxy) is 2. The van der Waals surface area contributed by atoms with Crippen molar-refractivity contribution in [3.8, 4) is 22.9 Å². The highest BCUT2D eigenvalue weighted by Gasteiger charge is 2.17. The fourth-order valence-electron chi connectivity index (χ4n) is 2.48. The Morgan fingerprint density at radius 2 is 2.08 bits per heavy atom. The van der Waals surface area contributed by atoms with Crippen molar-refractivity contribution in [2.24, 2.45) is 0 Å². The fraction of sp³-hybridized carbons (Fsp3) is 0.125. The van der Waals surface area contributed by atoms with E-state index in [1.54, 1.807) is 29.4 Å². The lowest BCUT2D eigenvalue weighted by atomic mass is 10.2. The fourth-order valence-corrected chi connectivity index (χ4v) is 4.10. The molecule has 3 aromatic heterocycles. The summed E-state index contributed by atoms with van der Waals surface area (Å²) in [5, 5.41) is 8.02. The molecule has 0 N–H and O–H groups in total. The first kappa shape index (κ1) is 14.7. The van der Waals surface area contributed by atoms with Gasteiger partial charge in [-0.15, -0.1) is 11.3 Å². The third kappa shape index (κ3) is 2.71. The van der Waals surface area contributed by atoms with Crippen LogP contribution in [0, 0.1) is 0 Å². The molecule has 0 saturated heterocycles. The van der Waals surface area contributed by atoms with Crippen LogP contribution in [0.4, 0.5) is 0 Å². The molecule has 9 heteroatoms. The molecule has 0 atom stereocenters. The molecule has 0 aliphatic carbocycles. The zero-order valence-corrected chi connectivity index (χ0v) is 14.3. The Bertz CT molecular complexity index is 1060. The first-order valence-electron chi connectivity index (χ1n) is 7.40. The number of thiophene rings is 1. The van der Waals surface area contributed by atoms with Crippen molar-refractivity contribution in [1.82, 2.24) is 20.1 Å². The minimum atomic E-state index is 0.239. The molecule has 4 heterocycles. The zero-order valence-electron chi connectivity index (χ0n) is 12.7. The molecule has 7 nitrogen and oxygen atoms in total. The predicted molar refractivity (Wildman–Crippen MR) is 92.8 cm³/mol. The SMILES string of the molecule is c1nc(SCc2nc(-c3ccc4c(c3)OCO4)no2)c2ccsc2n1. The van der Waals surface area contributed by atoms with Crippen molar-refractivity contribution < 1.29 is 14.0 Å². The topological polar surface area (TPSA) is 83.2 Å². The minimum Gasteiger partial charge on any atom is -0.454 e. The second-order valence-electron chi connectivity index (χ2n) is 5.19. The lowest BCUT2D eigenvalue weighted by Gasteiger charge is -1.98. The van der Waals surface area contributed by atoms with Gasteiger partial charge in [0, 0.05) is 10.9 Å². The summed E-state index contributed by atoms with van der Waals surface area (Å²) in [6.07, 6.45) is 1.58. The Hall–Kier alpha value is -2.65. The highest BCUT2D eigenvalue weighted by molar-refractivity contribution is 7.98. The third-order valence-electron chi connectivity index (χ3n) is 3.66. The molecule has 0 amide bonds. The largest absolute Gasteiger partial charge is 0.454 e. The molecule has 1 aromatic carbocycles. The molecule has 5 rings (SSSR count). The van der Waals surface area contributed by atoms with E-state index in [0.717, 1.165) is 26.6 Å². The van der Waals surface area contributed by atoms with Crippen LogP contribution in [-0.2, 0) is 5.75 Å². The molecule has 1 aliphatic heterocycles. The van der Waals surface area contributed by atoms with Crippen LogP contribution < -0.4 is 9.47 Å². The molecule has 124 valence electrons. The number of thioether (sulfide) groups is 1. The number of hydrogen-bond donors (Lipinski definition) is 0. The summed E-state index contributed by atoms with van der Waals surface area (Å²) in [5.74, 6) is 3.03. The van der Waals surface area contributed by atoms with Crippen LogP contribution >= 0.6 is 23.1 Å². The first-order chi connectivity index (χ1) is 12.4. The lowest BCUT2D eigenvalue weighted by Crippen LogP contribution is -1.92. The Labute approximate surface area is 150 Å². The van der Waals surface area contributed by atoms with Gasteiger partial charge in [-0.3, -0.25) is 0 Å². The summed E-state index contributed by atoms with van der Waals surface area (Å²) in [6.45, 7) is 0.239. The molecule has 0 radical (unpaired) electrons. The van der Waals surface area contributed by atoms with E-state index in [0.29, 0.717) is 23.2 Å². The summed E-state index contributed by atoms with van der Waals surface area (Å²) in [7, 11) is 0. The van der Waals surface area contributed by atoms with E-state index in [1.807, 2.05) is 29.6 Å². The van der Waals surface area contributed by atoms with Gasteiger partial charge in [-0.1, -0.05) is 16.9 Å². The lowest BCUT2D eigenvalue weighted by molar-refractivity contribution is 0.174. The van der Waals surface area contributed by atoms with Crippen molar-refractivity contribution >= 4 is 33.3 Å². The average molecular weight is 370 g/mol. The second-order valence-corrected chi connectivity index (χ2v) is 7.05. The second kappa shape index (κ2) is 6.01. The highest BCUT2D eigenvalue weighted by Crippen LogP contribution is 2.35. The van der Waals surface area contributed by atoms with Gasteiger partial charge < -0.3 is 14.0 Å². The molecule has 0 spiro atoms. The van der Waals surface area contributed by atoms with Crippen LogP contribution in [0.1, 0.15) is 5.89 Å². The van der Waals surface area contributed by atoms with E-state index >= 15 is 0 Å². The van der Waals surface area contributed by atoms with Gasteiger partial charge in [0.1, 0.15) is 16.2 Å². The third-order valence-corrected chi connectivity index (χ3v) is 5.47. The average Bonchev–Trinajstić information content (AvgIpc) is 3.38. The molecule has 0 fully saturated rings. The molecular formula is C16H10N4O3S2. The summed E-state index contributed by atoms with van der Waals surface area (Å²) < 4.78 is 16.0. The zero-order chi connectivity index (χ0) is 16.6. The quantitative estimate of drug-likeness (QED) is 0.397. The Kier molecular flexibility index (Phi) is 3.53. The van der Waals surface area contributed by atoms with Gasteiger partial charge in [0.25, 0.3) is 0 Å². The van der Waals surface area contributed by atoms with Crippen LogP contribution in [0.2, 0.25) is 0 Å². The van der Waals surface area contributed by atoms with Gasteiger partial charge >= 0.3 is 0 Å².